The molecule has 3 aromatic rings. The lowest BCUT2D eigenvalue weighted by Gasteiger charge is -2.11. The van der Waals surface area contributed by atoms with Crippen molar-refractivity contribution in [2.45, 2.75) is 0 Å². The minimum Gasteiger partial charge on any atom is -0.493 e. The molecule has 0 spiro atoms. The zero-order valence-corrected chi connectivity index (χ0v) is 20.7. The molecule has 0 aliphatic carbocycles. The summed E-state index contributed by atoms with van der Waals surface area (Å²) in [5, 5.41) is 14.9. The lowest BCUT2D eigenvalue weighted by molar-refractivity contribution is -0.385. The Bertz CT molecular complexity index is 1310. The third-order valence-electron chi connectivity index (χ3n) is 4.61. The summed E-state index contributed by atoms with van der Waals surface area (Å²) >= 11 is 3.34. The number of nitrogens with one attached hydrogen (secondary N) is 1. The smallest absolute Gasteiger partial charge is 0.343 e. The minimum atomic E-state index is -0.650. The number of nitrogens with zero attached hydrogens (tertiary/aromatic N) is 2. The number of para-hydroxylation sites is 2. The molecule has 0 aromatic heterocycles. The summed E-state index contributed by atoms with van der Waals surface area (Å²) in [6.45, 7) is -0.498. The van der Waals surface area contributed by atoms with E-state index in [1.807, 2.05) is 0 Å². The van der Waals surface area contributed by atoms with E-state index in [0.717, 1.165) is 0 Å². The van der Waals surface area contributed by atoms with Gasteiger partial charge in [0.25, 0.3) is 5.91 Å². The Labute approximate surface area is 213 Å². The fraction of sp³-hybridized carbons (Fsp3) is 0.125. The number of hydrogen-bond donors (Lipinski definition) is 1. The summed E-state index contributed by atoms with van der Waals surface area (Å²) in [6.07, 6.45) is 1.28. The SMILES string of the molecule is COc1ccc(C(=O)Oc2ccc(Br)cc2/C=N/NC(=O)COc2ccccc2[N+](=O)[O-])cc1OC. The van der Waals surface area contributed by atoms with E-state index in [1.54, 1.807) is 30.3 Å². The van der Waals surface area contributed by atoms with Gasteiger partial charge in [-0.25, -0.2) is 10.2 Å². The molecule has 0 heterocycles. The first kappa shape index (κ1) is 26.2. The largest absolute Gasteiger partial charge is 0.493 e. The zero-order valence-electron chi connectivity index (χ0n) is 19.1. The lowest BCUT2D eigenvalue weighted by atomic mass is 10.2. The van der Waals surface area contributed by atoms with E-state index in [2.05, 4.69) is 26.5 Å². The Morgan fingerprint density at radius 1 is 1.00 bits per heavy atom. The highest BCUT2D eigenvalue weighted by Crippen LogP contribution is 2.29. The highest BCUT2D eigenvalue weighted by atomic mass is 79.9. The number of amides is 1. The Morgan fingerprint density at radius 2 is 1.72 bits per heavy atom. The Kier molecular flexibility index (Phi) is 8.95. The van der Waals surface area contributed by atoms with Crippen molar-refractivity contribution in [3.63, 3.8) is 0 Å². The van der Waals surface area contributed by atoms with Gasteiger partial charge in [0.2, 0.25) is 0 Å². The second-order valence-corrected chi connectivity index (χ2v) is 7.86. The number of nitro groups is 1. The number of rotatable bonds is 10. The molecule has 0 saturated heterocycles. The van der Waals surface area contributed by atoms with Crippen LogP contribution < -0.4 is 24.4 Å². The lowest BCUT2D eigenvalue weighted by Crippen LogP contribution is -2.24. The van der Waals surface area contributed by atoms with Crippen LogP contribution in [0, 0.1) is 10.1 Å². The second-order valence-electron chi connectivity index (χ2n) is 6.95. The monoisotopic (exact) mass is 557 g/mol. The predicted octanol–water partition coefficient (Wildman–Crippen LogP) is 4.12. The van der Waals surface area contributed by atoms with Gasteiger partial charge in [-0.1, -0.05) is 28.1 Å². The fourth-order valence-corrected chi connectivity index (χ4v) is 3.29. The van der Waals surface area contributed by atoms with Crippen molar-refractivity contribution in [1.82, 2.24) is 5.43 Å². The van der Waals surface area contributed by atoms with Crippen LogP contribution in [0.4, 0.5) is 5.69 Å². The third-order valence-corrected chi connectivity index (χ3v) is 5.10. The molecule has 3 rings (SSSR count). The summed E-state index contributed by atoms with van der Waals surface area (Å²) in [5.74, 6) is -0.314. The van der Waals surface area contributed by atoms with Crippen LogP contribution in [0.3, 0.4) is 0 Å². The fourth-order valence-electron chi connectivity index (χ4n) is 2.91. The van der Waals surface area contributed by atoms with Gasteiger partial charge in [0.15, 0.2) is 23.9 Å². The number of hydrazone groups is 1. The molecule has 1 N–H and O–H groups in total. The molecule has 0 bridgehead atoms. The Hall–Kier alpha value is -4.45. The molecule has 0 aliphatic rings. The maximum absolute atomic E-state index is 12.7. The Balaban J connectivity index is 1.66. The molecule has 0 radical (unpaired) electrons. The summed E-state index contributed by atoms with van der Waals surface area (Å²) in [6, 6.07) is 15.2. The molecule has 3 aromatic carbocycles. The molecule has 1 amide bonds. The molecule has 0 atom stereocenters. The summed E-state index contributed by atoms with van der Waals surface area (Å²) in [7, 11) is 2.94. The first-order valence-electron chi connectivity index (χ1n) is 10.2. The second kappa shape index (κ2) is 12.3. The van der Waals surface area contributed by atoms with Crippen LogP contribution in [0.1, 0.15) is 15.9 Å². The van der Waals surface area contributed by atoms with Crippen molar-refractivity contribution in [3.8, 4) is 23.0 Å². The van der Waals surface area contributed by atoms with Gasteiger partial charge in [0.05, 0.1) is 30.9 Å². The molecule has 0 aliphatic heterocycles. The van der Waals surface area contributed by atoms with E-state index in [9.17, 15) is 19.7 Å². The predicted molar refractivity (Wildman–Crippen MR) is 133 cm³/mol. The van der Waals surface area contributed by atoms with E-state index in [4.69, 9.17) is 18.9 Å². The number of esters is 1. The Morgan fingerprint density at radius 3 is 2.44 bits per heavy atom. The average molecular weight is 558 g/mol. The van der Waals surface area contributed by atoms with Gasteiger partial charge in [-0.3, -0.25) is 14.9 Å². The van der Waals surface area contributed by atoms with Crippen LogP contribution in [0.25, 0.3) is 0 Å². The van der Waals surface area contributed by atoms with Crippen molar-refractivity contribution in [1.29, 1.82) is 0 Å². The molecule has 186 valence electrons. The minimum absolute atomic E-state index is 0.0435. The van der Waals surface area contributed by atoms with Crippen molar-refractivity contribution in [3.05, 3.63) is 86.4 Å². The summed E-state index contributed by atoms with van der Waals surface area (Å²) < 4.78 is 21.8. The molecule has 0 saturated carbocycles. The summed E-state index contributed by atoms with van der Waals surface area (Å²) in [5.41, 5.74) is 2.62. The van der Waals surface area contributed by atoms with Gasteiger partial charge >= 0.3 is 11.7 Å². The van der Waals surface area contributed by atoms with Gasteiger partial charge in [-0.15, -0.1) is 0 Å². The zero-order chi connectivity index (χ0) is 26.1. The van der Waals surface area contributed by atoms with Crippen molar-refractivity contribution < 1.29 is 33.5 Å². The number of carbonyl (C=O) groups is 2. The molecule has 0 fully saturated rings. The van der Waals surface area contributed by atoms with E-state index < -0.39 is 23.4 Å². The van der Waals surface area contributed by atoms with Crippen LogP contribution in [0.2, 0.25) is 0 Å². The number of halogens is 1. The number of nitro benzene ring substituents is 1. The molecule has 36 heavy (non-hydrogen) atoms. The van der Waals surface area contributed by atoms with Crippen molar-refractivity contribution >= 4 is 39.7 Å². The first-order valence-corrected chi connectivity index (χ1v) is 11.0. The van der Waals surface area contributed by atoms with Crippen LogP contribution in [0.15, 0.2) is 70.2 Å². The van der Waals surface area contributed by atoms with Gasteiger partial charge < -0.3 is 18.9 Å². The molecular formula is C24H20BrN3O8. The highest BCUT2D eigenvalue weighted by Gasteiger charge is 2.16. The van der Waals surface area contributed by atoms with Crippen LogP contribution in [0.5, 0.6) is 23.0 Å². The quantitative estimate of drug-likeness (QED) is 0.129. The van der Waals surface area contributed by atoms with E-state index in [0.29, 0.717) is 21.5 Å². The van der Waals surface area contributed by atoms with Crippen LogP contribution in [-0.4, -0.2) is 43.8 Å². The number of ether oxygens (including phenoxy) is 4. The topological polar surface area (TPSA) is 139 Å². The maximum atomic E-state index is 12.7. The van der Waals surface area contributed by atoms with Gasteiger partial charge in [-0.05, 0) is 42.5 Å². The van der Waals surface area contributed by atoms with E-state index >= 15 is 0 Å². The van der Waals surface area contributed by atoms with Crippen molar-refractivity contribution in [2.75, 3.05) is 20.8 Å². The summed E-state index contributed by atoms with van der Waals surface area (Å²) in [4.78, 5) is 35.2. The molecule has 12 heteroatoms. The highest BCUT2D eigenvalue weighted by molar-refractivity contribution is 9.10. The number of hydrogen-bond acceptors (Lipinski definition) is 9. The number of carbonyl (C=O) groups excluding carboxylic acids is 2. The standard InChI is InChI=1S/C24H20BrN3O8/c1-33-21-9-7-15(12-22(21)34-2)24(30)36-19-10-8-17(25)11-16(19)13-26-27-23(29)14-35-20-6-4-3-5-18(20)28(31)32/h3-13H,14H2,1-2H3,(H,27,29)/b26-13+. The van der Waals surface area contributed by atoms with Gasteiger partial charge in [-0.2, -0.15) is 5.10 Å². The average Bonchev–Trinajstić information content (AvgIpc) is 2.88. The van der Waals surface area contributed by atoms with E-state index in [1.165, 1.54) is 50.8 Å². The van der Waals surface area contributed by atoms with Gasteiger partial charge in [0.1, 0.15) is 5.75 Å². The maximum Gasteiger partial charge on any atom is 0.343 e. The third kappa shape index (κ3) is 6.79. The van der Waals surface area contributed by atoms with Crippen LogP contribution >= 0.6 is 15.9 Å². The molecule has 11 nitrogen and oxygen atoms in total. The first-order chi connectivity index (χ1) is 17.3. The molecule has 0 unspecified atom stereocenters. The van der Waals surface area contributed by atoms with Crippen molar-refractivity contribution in [2.24, 2.45) is 5.10 Å². The van der Waals surface area contributed by atoms with Gasteiger partial charge in [0, 0.05) is 16.1 Å². The molecular weight excluding hydrogens is 538 g/mol. The van der Waals surface area contributed by atoms with E-state index in [-0.39, 0.29) is 22.7 Å². The number of benzene rings is 3. The number of methoxy groups -OCH3 is 2. The van der Waals surface area contributed by atoms with Crippen LogP contribution in [-0.2, 0) is 4.79 Å². The normalized spacial score (nSPS) is 10.5.